The summed E-state index contributed by atoms with van der Waals surface area (Å²) in [5.74, 6) is 0.156. The molecule has 2 fully saturated rings. The van der Waals surface area contributed by atoms with Crippen LogP contribution in [-0.2, 0) is 16.1 Å². The maximum Gasteiger partial charge on any atom is 0.245 e. The van der Waals surface area contributed by atoms with E-state index < -0.39 is 0 Å². The molecule has 0 bridgehead atoms. The average molecular weight is 355 g/mol. The number of piperidine rings is 1. The largest absolute Gasteiger partial charge is 0.371 e. The van der Waals surface area contributed by atoms with Crippen molar-refractivity contribution in [1.29, 1.82) is 0 Å². The lowest BCUT2D eigenvalue weighted by atomic mass is 9.95. The molecule has 0 spiro atoms. The van der Waals surface area contributed by atoms with Gasteiger partial charge in [0.1, 0.15) is 0 Å². The topological polar surface area (TPSA) is 43.9 Å². The van der Waals surface area contributed by atoms with E-state index in [4.69, 9.17) is 0 Å². The van der Waals surface area contributed by atoms with Crippen LogP contribution in [0.4, 0.5) is 5.69 Å². The zero-order valence-corrected chi connectivity index (χ0v) is 15.7. The zero-order valence-electron chi connectivity index (χ0n) is 15.7. The van der Waals surface area contributed by atoms with Gasteiger partial charge >= 0.3 is 0 Å². The minimum atomic E-state index is -0.0382. The average Bonchev–Trinajstić information content (AvgIpc) is 3.22. The normalized spacial score (nSPS) is 18.0. The molecular weight excluding hydrogens is 326 g/mol. The fourth-order valence-electron chi connectivity index (χ4n) is 4.03. The summed E-state index contributed by atoms with van der Waals surface area (Å²) in [6, 6.07) is 8.42. The van der Waals surface area contributed by atoms with Crippen molar-refractivity contribution in [3.63, 3.8) is 0 Å². The smallest absolute Gasteiger partial charge is 0.245 e. The van der Waals surface area contributed by atoms with Crippen molar-refractivity contribution in [1.82, 2.24) is 9.80 Å². The van der Waals surface area contributed by atoms with E-state index in [1.807, 2.05) is 18.0 Å². The third kappa shape index (κ3) is 4.09. The number of carbonyl (C=O) groups is 2. The van der Waals surface area contributed by atoms with Crippen molar-refractivity contribution in [2.45, 2.75) is 32.2 Å². The van der Waals surface area contributed by atoms with Crippen LogP contribution in [0.2, 0.25) is 0 Å². The summed E-state index contributed by atoms with van der Waals surface area (Å²) in [7, 11) is 1.89. The van der Waals surface area contributed by atoms with Gasteiger partial charge in [-0.05, 0) is 43.4 Å². The first kappa shape index (κ1) is 18.5. The number of benzene rings is 1. The summed E-state index contributed by atoms with van der Waals surface area (Å²) in [6.45, 7) is 7.65. The van der Waals surface area contributed by atoms with Crippen LogP contribution in [0, 0.1) is 5.92 Å². The van der Waals surface area contributed by atoms with Gasteiger partial charge in [0.15, 0.2) is 0 Å². The lowest BCUT2D eigenvalue weighted by Gasteiger charge is -2.33. The predicted molar refractivity (Wildman–Crippen MR) is 104 cm³/mol. The second-order valence-electron chi connectivity index (χ2n) is 7.32. The lowest BCUT2D eigenvalue weighted by molar-refractivity contribution is -0.138. The zero-order chi connectivity index (χ0) is 18.5. The number of rotatable bonds is 5. The van der Waals surface area contributed by atoms with Crippen molar-refractivity contribution < 1.29 is 9.59 Å². The van der Waals surface area contributed by atoms with E-state index in [0.717, 1.165) is 25.9 Å². The Kier molecular flexibility index (Phi) is 5.96. The van der Waals surface area contributed by atoms with Crippen LogP contribution in [0.3, 0.4) is 0 Å². The van der Waals surface area contributed by atoms with Gasteiger partial charge in [-0.15, -0.1) is 0 Å². The molecule has 2 aliphatic heterocycles. The van der Waals surface area contributed by atoms with Crippen LogP contribution >= 0.6 is 0 Å². The minimum absolute atomic E-state index is 0.00724. The van der Waals surface area contributed by atoms with E-state index in [9.17, 15) is 9.59 Å². The number of nitrogens with zero attached hydrogens (tertiary/aromatic N) is 3. The Morgan fingerprint density at radius 1 is 1.15 bits per heavy atom. The molecule has 2 aliphatic rings. The first-order chi connectivity index (χ1) is 12.6. The monoisotopic (exact) mass is 355 g/mol. The fourth-order valence-corrected chi connectivity index (χ4v) is 4.03. The number of carbonyl (C=O) groups excluding carboxylic acids is 2. The number of anilines is 1. The Labute approximate surface area is 156 Å². The van der Waals surface area contributed by atoms with E-state index in [-0.39, 0.29) is 17.7 Å². The van der Waals surface area contributed by atoms with Crippen molar-refractivity contribution >= 4 is 17.5 Å². The van der Waals surface area contributed by atoms with E-state index in [1.165, 1.54) is 30.2 Å². The maximum atomic E-state index is 12.9. The lowest BCUT2D eigenvalue weighted by Crippen LogP contribution is -2.42. The van der Waals surface area contributed by atoms with Crippen LogP contribution < -0.4 is 4.90 Å². The number of amides is 2. The van der Waals surface area contributed by atoms with Crippen LogP contribution in [0.1, 0.15) is 31.2 Å². The highest BCUT2D eigenvalue weighted by molar-refractivity contribution is 5.87. The quantitative estimate of drug-likeness (QED) is 0.763. The van der Waals surface area contributed by atoms with Crippen LogP contribution in [0.5, 0.6) is 0 Å². The van der Waals surface area contributed by atoms with Gasteiger partial charge in [-0.3, -0.25) is 9.59 Å². The Bertz CT molecular complexity index is 659. The van der Waals surface area contributed by atoms with E-state index in [0.29, 0.717) is 19.6 Å². The molecule has 0 N–H and O–H groups in total. The SMILES string of the molecule is C=CC(=O)N1CCC(C(=O)N(C)Cc2ccccc2N2CCCC2)CC1. The molecule has 0 atom stereocenters. The molecule has 0 aromatic heterocycles. The van der Waals surface area contributed by atoms with Gasteiger partial charge in [0.05, 0.1) is 0 Å². The van der Waals surface area contributed by atoms with E-state index in [1.54, 1.807) is 4.90 Å². The van der Waals surface area contributed by atoms with Crippen LogP contribution in [0.25, 0.3) is 0 Å². The molecular formula is C21H29N3O2. The highest BCUT2D eigenvalue weighted by Crippen LogP contribution is 2.26. The summed E-state index contributed by atoms with van der Waals surface area (Å²) in [5.41, 5.74) is 2.47. The fraction of sp³-hybridized carbons (Fsp3) is 0.524. The van der Waals surface area contributed by atoms with Crippen LogP contribution in [0.15, 0.2) is 36.9 Å². The van der Waals surface area contributed by atoms with E-state index >= 15 is 0 Å². The molecule has 2 saturated heterocycles. The van der Waals surface area contributed by atoms with Gasteiger partial charge in [0, 0.05) is 51.4 Å². The molecule has 140 valence electrons. The van der Waals surface area contributed by atoms with E-state index in [2.05, 4.69) is 29.7 Å². The van der Waals surface area contributed by atoms with Crippen LogP contribution in [-0.4, -0.2) is 54.8 Å². The Hall–Kier alpha value is -2.30. The number of likely N-dealkylation sites (tertiary alicyclic amines) is 1. The highest BCUT2D eigenvalue weighted by Gasteiger charge is 2.28. The molecule has 0 unspecified atom stereocenters. The Balaban J connectivity index is 1.60. The van der Waals surface area contributed by atoms with Gasteiger partial charge in [0.2, 0.25) is 11.8 Å². The van der Waals surface area contributed by atoms with Crippen molar-refractivity contribution in [3.8, 4) is 0 Å². The summed E-state index contributed by atoms with van der Waals surface area (Å²) in [5, 5.41) is 0. The molecule has 3 rings (SSSR count). The molecule has 0 saturated carbocycles. The number of hydrogen-bond donors (Lipinski definition) is 0. The summed E-state index contributed by atoms with van der Waals surface area (Å²) in [6.07, 6.45) is 5.30. The Morgan fingerprint density at radius 2 is 1.81 bits per heavy atom. The van der Waals surface area contributed by atoms with Crippen molar-refractivity contribution in [3.05, 3.63) is 42.5 Å². The molecule has 0 radical (unpaired) electrons. The predicted octanol–water partition coefficient (Wildman–Crippen LogP) is 2.67. The molecule has 1 aromatic carbocycles. The third-order valence-corrected chi connectivity index (χ3v) is 5.55. The second kappa shape index (κ2) is 8.39. The minimum Gasteiger partial charge on any atom is -0.371 e. The summed E-state index contributed by atoms with van der Waals surface area (Å²) >= 11 is 0. The molecule has 1 aromatic rings. The van der Waals surface area contributed by atoms with Gasteiger partial charge in [-0.1, -0.05) is 24.8 Å². The first-order valence-electron chi connectivity index (χ1n) is 9.59. The second-order valence-corrected chi connectivity index (χ2v) is 7.32. The number of para-hydroxylation sites is 1. The molecule has 2 amide bonds. The third-order valence-electron chi connectivity index (χ3n) is 5.55. The molecule has 5 heteroatoms. The maximum absolute atomic E-state index is 12.9. The first-order valence-corrected chi connectivity index (χ1v) is 9.59. The standard InChI is InChI=1S/C21H29N3O2/c1-3-20(25)24-14-10-17(11-15-24)21(26)22(2)16-18-8-4-5-9-19(18)23-12-6-7-13-23/h3-5,8-9,17H,1,6-7,10-16H2,2H3. The van der Waals surface area contributed by atoms with Crippen molar-refractivity contribution in [2.24, 2.45) is 5.92 Å². The highest BCUT2D eigenvalue weighted by atomic mass is 16.2. The molecule has 26 heavy (non-hydrogen) atoms. The van der Waals surface area contributed by atoms with Gasteiger partial charge < -0.3 is 14.7 Å². The number of hydrogen-bond acceptors (Lipinski definition) is 3. The Morgan fingerprint density at radius 3 is 2.46 bits per heavy atom. The summed E-state index contributed by atoms with van der Waals surface area (Å²) in [4.78, 5) is 30.6. The molecule has 2 heterocycles. The van der Waals surface area contributed by atoms with Crippen molar-refractivity contribution in [2.75, 3.05) is 38.1 Å². The van der Waals surface area contributed by atoms with Gasteiger partial charge in [0.25, 0.3) is 0 Å². The summed E-state index contributed by atoms with van der Waals surface area (Å²) < 4.78 is 0. The molecule has 0 aliphatic carbocycles. The van der Waals surface area contributed by atoms with Gasteiger partial charge in [-0.25, -0.2) is 0 Å². The van der Waals surface area contributed by atoms with Gasteiger partial charge in [-0.2, -0.15) is 0 Å². The molecule has 5 nitrogen and oxygen atoms in total.